The molecule has 5 nitrogen and oxygen atoms in total. The van der Waals surface area contributed by atoms with E-state index in [9.17, 15) is 13.2 Å². The van der Waals surface area contributed by atoms with Crippen LogP contribution in [0.15, 0.2) is 29.2 Å². The number of nitrogens with two attached hydrogens (primary N) is 1. The van der Waals surface area contributed by atoms with Crippen LogP contribution >= 0.6 is 0 Å². The lowest BCUT2D eigenvalue weighted by atomic mass is 10.2. The first-order valence-electron chi connectivity index (χ1n) is 4.74. The summed E-state index contributed by atoms with van der Waals surface area (Å²) >= 11 is 0. The molecular weight excluding hydrogens is 228 g/mol. The molecule has 0 fully saturated rings. The Morgan fingerprint density at radius 1 is 1.38 bits per heavy atom. The summed E-state index contributed by atoms with van der Waals surface area (Å²) in [6.07, 6.45) is 0. The van der Waals surface area contributed by atoms with Gasteiger partial charge >= 0.3 is 0 Å². The standard InChI is InChI=1S/C10H14N2O3S/c1-7(2)12-10(13)8-4-3-5-9(6-8)16(11,14)15/h3-7H,1-2H3,(H,12,13)(H2,11,14,15). The molecule has 0 aliphatic rings. The molecule has 1 aromatic carbocycles. The lowest BCUT2D eigenvalue weighted by molar-refractivity contribution is 0.0943. The first-order chi connectivity index (χ1) is 7.30. The lowest BCUT2D eigenvalue weighted by Gasteiger charge is -2.08. The quantitative estimate of drug-likeness (QED) is 0.807. The second-order valence-corrected chi connectivity index (χ2v) is 5.26. The van der Waals surface area contributed by atoms with Gasteiger partial charge in [-0.2, -0.15) is 0 Å². The number of hydrogen-bond donors (Lipinski definition) is 2. The van der Waals surface area contributed by atoms with Crippen molar-refractivity contribution >= 4 is 15.9 Å². The van der Waals surface area contributed by atoms with Crippen molar-refractivity contribution in [3.63, 3.8) is 0 Å². The summed E-state index contributed by atoms with van der Waals surface area (Å²) in [4.78, 5) is 11.5. The van der Waals surface area contributed by atoms with Gasteiger partial charge < -0.3 is 5.32 Å². The van der Waals surface area contributed by atoms with Crippen molar-refractivity contribution in [3.8, 4) is 0 Å². The van der Waals surface area contributed by atoms with Crippen LogP contribution in [0.5, 0.6) is 0 Å². The van der Waals surface area contributed by atoms with Gasteiger partial charge in [-0.05, 0) is 32.0 Å². The normalized spacial score (nSPS) is 11.5. The van der Waals surface area contributed by atoms with E-state index in [-0.39, 0.29) is 22.4 Å². The Hall–Kier alpha value is -1.40. The minimum Gasteiger partial charge on any atom is -0.350 e. The highest BCUT2D eigenvalue weighted by Gasteiger charge is 2.12. The third-order valence-electron chi connectivity index (χ3n) is 1.84. The van der Waals surface area contributed by atoms with E-state index in [1.54, 1.807) is 0 Å². The van der Waals surface area contributed by atoms with Gasteiger partial charge in [0.25, 0.3) is 5.91 Å². The first-order valence-corrected chi connectivity index (χ1v) is 6.29. The Labute approximate surface area is 94.7 Å². The maximum absolute atomic E-state index is 11.6. The number of carbonyl (C=O) groups is 1. The van der Waals surface area contributed by atoms with Crippen LogP contribution in [0.25, 0.3) is 0 Å². The van der Waals surface area contributed by atoms with E-state index in [2.05, 4.69) is 5.32 Å². The minimum absolute atomic E-state index is 0.00867. The van der Waals surface area contributed by atoms with Gasteiger partial charge in [-0.15, -0.1) is 0 Å². The number of carbonyl (C=O) groups excluding carboxylic acids is 1. The minimum atomic E-state index is -3.77. The summed E-state index contributed by atoms with van der Waals surface area (Å²) in [5.74, 6) is -0.319. The Morgan fingerprint density at radius 3 is 2.50 bits per heavy atom. The number of amides is 1. The van der Waals surface area contributed by atoms with E-state index >= 15 is 0 Å². The van der Waals surface area contributed by atoms with E-state index in [4.69, 9.17) is 5.14 Å². The number of rotatable bonds is 3. The SMILES string of the molecule is CC(C)NC(=O)c1cccc(S(N)(=O)=O)c1. The van der Waals surface area contributed by atoms with Gasteiger partial charge in [-0.3, -0.25) is 4.79 Å². The molecule has 0 saturated carbocycles. The molecule has 1 amide bonds. The zero-order chi connectivity index (χ0) is 12.3. The highest BCUT2D eigenvalue weighted by Crippen LogP contribution is 2.09. The summed E-state index contributed by atoms with van der Waals surface area (Å²) in [5.41, 5.74) is 0.278. The first kappa shape index (κ1) is 12.7. The fourth-order valence-corrected chi connectivity index (χ4v) is 1.72. The Morgan fingerprint density at radius 2 is 2.00 bits per heavy atom. The van der Waals surface area contributed by atoms with E-state index in [1.165, 1.54) is 24.3 Å². The third kappa shape index (κ3) is 3.32. The summed E-state index contributed by atoms with van der Waals surface area (Å²) in [6, 6.07) is 5.61. The van der Waals surface area contributed by atoms with Crippen LogP contribution in [0.3, 0.4) is 0 Å². The van der Waals surface area contributed by atoms with Crippen molar-refractivity contribution in [2.75, 3.05) is 0 Å². The van der Waals surface area contributed by atoms with Crippen LogP contribution in [-0.2, 0) is 10.0 Å². The molecule has 0 radical (unpaired) electrons. The van der Waals surface area contributed by atoms with Crippen molar-refractivity contribution < 1.29 is 13.2 Å². The van der Waals surface area contributed by atoms with Gasteiger partial charge in [0.05, 0.1) is 4.90 Å². The third-order valence-corrected chi connectivity index (χ3v) is 2.76. The average Bonchev–Trinajstić information content (AvgIpc) is 2.15. The van der Waals surface area contributed by atoms with E-state index < -0.39 is 10.0 Å². The van der Waals surface area contributed by atoms with E-state index in [0.29, 0.717) is 0 Å². The predicted octanol–water partition coefficient (Wildman–Crippen LogP) is 0.472. The molecule has 6 heteroatoms. The average molecular weight is 242 g/mol. The molecule has 0 aromatic heterocycles. The molecule has 1 aromatic rings. The van der Waals surface area contributed by atoms with Crippen LogP contribution in [-0.4, -0.2) is 20.4 Å². The second-order valence-electron chi connectivity index (χ2n) is 3.70. The molecule has 16 heavy (non-hydrogen) atoms. The summed E-state index contributed by atoms with van der Waals surface area (Å²) in [5, 5.41) is 7.63. The maximum Gasteiger partial charge on any atom is 0.251 e. The molecule has 1 rings (SSSR count). The Balaban J connectivity index is 3.04. The van der Waals surface area contributed by atoms with Gasteiger partial charge in [-0.25, -0.2) is 13.6 Å². The fraction of sp³-hybridized carbons (Fsp3) is 0.300. The van der Waals surface area contributed by atoms with Gasteiger partial charge in [-0.1, -0.05) is 6.07 Å². The number of benzene rings is 1. The monoisotopic (exact) mass is 242 g/mol. The number of primary sulfonamides is 1. The Bertz CT molecular complexity index is 495. The second kappa shape index (κ2) is 4.63. The zero-order valence-electron chi connectivity index (χ0n) is 9.10. The van der Waals surface area contributed by atoms with E-state index in [1.807, 2.05) is 13.8 Å². The summed E-state index contributed by atoms with van der Waals surface area (Å²) in [6.45, 7) is 3.64. The van der Waals surface area contributed by atoms with Gasteiger partial charge in [0.15, 0.2) is 0 Å². The largest absolute Gasteiger partial charge is 0.350 e. The fourth-order valence-electron chi connectivity index (χ4n) is 1.16. The summed E-state index contributed by atoms with van der Waals surface area (Å²) in [7, 11) is -3.77. The van der Waals surface area contributed by atoms with Crippen LogP contribution in [0, 0.1) is 0 Å². The maximum atomic E-state index is 11.6. The molecule has 0 atom stereocenters. The van der Waals surface area contributed by atoms with Crippen molar-refractivity contribution in [2.45, 2.75) is 24.8 Å². The van der Waals surface area contributed by atoms with Crippen molar-refractivity contribution in [1.82, 2.24) is 5.32 Å². The van der Waals surface area contributed by atoms with E-state index in [0.717, 1.165) is 0 Å². The highest BCUT2D eigenvalue weighted by atomic mass is 32.2. The van der Waals surface area contributed by atoms with Crippen LogP contribution < -0.4 is 10.5 Å². The molecule has 0 aliphatic heterocycles. The number of hydrogen-bond acceptors (Lipinski definition) is 3. The van der Waals surface area contributed by atoms with Gasteiger partial charge in [0.2, 0.25) is 10.0 Å². The highest BCUT2D eigenvalue weighted by molar-refractivity contribution is 7.89. The molecule has 3 N–H and O–H groups in total. The smallest absolute Gasteiger partial charge is 0.251 e. The number of sulfonamides is 1. The molecule has 0 heterocycles. The van der Waals surface area contributed by atoms with Crippen molar-refractivity contribution in [2.24, 2.45) is 5.14 Å². The molecule has 0 saturated heterocycles. The molecule has 0 unspecified atom stereocenters. The zero-order valence-corrected chi connectivity index (χ0v) is 9.91. The molecule has 0 aliphatic carbocycles. The molecule has 0 bridgehead atoms. The topological polar surface area (TPSA) is 89.3 Å². The molecule has 0 spiro atoms. The molecule has 88 valence electrons. The Kier molecular flexibility index (Phi) is 3.66. The van der Waals surface area contributed by atoms with Crippen LogP contribution in [0.1, 0.15) is 24.2 Å². The molecular formula is C10H14N2O3S. The summed E-state index contributed by atoms with van der Waals surface area (Å²) < 4.78 is 22.2. The van der Waals surface area contributed by atoms with Crippen LogP contribution in [0.2, 0.25) is 0 Å². The van der Waals surface area contributed by atoms with Crippen molar-refractivity contribution in [1.29, 1.82) is 0 Å². The predicted molar refractivity (Wildman–Crippen MR) is 60.4 cm³/mol. The van der Waals surface area contributed by atoms with Gasteiger partial charge in [0, 0.05) is 11.6 Å². The van der Waals surface area contributed by atoms with Crippen LogP contribution in [0.4, 0.5) is 0 Å². The number of nitrogens with one attached hydrogen (secondary N) is 1. The van der Waals surface area contributed by atoms with Crippen molar-refractivity contribution in [3.05, 3.63) is 29.8 Å². The van der Waals surface area contributed by atoms with Gasteiger partial charge in [0.1, 0.15) is 0 Å². The lowest BCUT2D eigenvalue weighted by Crippen LogP contribution is -2.30.